The van der Waals surface area contributed by atoms with Gasteiger partial charge in [0, 0.05) is 7.05 Å². The van der Waals surface area contributed by atoms with Gasteiger partial charge < -0.3 is 0 Å². The normalized spacial score (nSPS) is 5.88. The van der Waals surface area contributed by atoms with Gasteiger partial charge in [-0.05, 0) is 13.1 Å². The third-order valence-electron chi connectivity index (χ3n) is 0.412. The lowest BCUT2D eigenvalue weighted by molar-refractivity contribution is 0.903. The van der Waals surface area contributed by atoms with Crippen molar-refractivity contribution in [3.8, 4) is 0 Å². The molecular weight excluding hydrogens is 104 g/mol. The summed E-state index contributed by atoms with van der Waals surface area (Å²) in [5.41, 5.74) is 2.33. The van der Waals surface area contributed by atoms with E-state index >= 15 is 0 Å². The van der Waals surface area contributed by atoms with E-state index in [4.69, 9.17) is 13.1 Å². The molecule has 0 spiro atoms. The van der Waals surface area contributed by atoms with Gasteiger partial charge in [0.1, 0.15) is 5.10 Å². The van der Waals surface area contributed by atoms with Crippen molar-refractivity contribution in [2.45, 2.75) is 0 Å². The Bertz CT molecular complexity index is 151. The van der Waals surface area contributed by atoms with Crippen LogP contribution in [-0.4, -0.2) is 13.0 Å². The summed E-state index contributed by atoms with van der Waals surface area (Å²) in [6.45, 7) is 12.6. The van der Waals surface area contributed by atoms with E-state index in [-0.39, 0.29) is 5.96 Å². The Morgan fingerprint density at radius 3 is 2.12 bits per heavy atom. The number of hydrogen-bond acceptors (Lipinski definition) is 2. The molecule has 4 heteroatoms. The highest BCUT2D eigenvalue weighted by Crippen LogP contribution is 1.76. The number of guanidine groups is 1. The molecule has 1 N–H and O–H groups in total. The average Bonchev–Trinajstić information content (AvgIpc) is 1.83. The first-order valence-corrected chi connectivity index (χ1v) is 1.84. The molecule has 0 radical (unpaired) electrons. The zero-order chi connectivity index (χ0) is 6.41. The SMILES string of the molecule is [C-]#[N+]C(=NNC)[N+]#[C-]. The average molecular weight is 108 g/mol. The molecule has 0 aliphatic carbocycles. The molecule has 0 rings (SSSR count). The van der Waals surface area contributed by atoms with Crippen LogP contribution in [0.1, 0.15) is 0 Å². The maximum atomic E-state index is 6.30. The quantitative estimate of drug-likeness (QED) is 0.223. The first-order chi connectivity index (χ1) is 3.85. The van der Waals surface area contributed by atoms with Crippen molar-refractivity contribution in [1.82, 2.24) is 5.43 Å². The summed E-state index contributed by atoms with van der Waals surface area (Å²) in [4.78, 5) is 5.56. The second kappa shape index (κ2) is 3.63. The van der Waals surface area contributed by atoms with Crippen LogP contribution in [0, 0.1) is 13.1 Å². The molecule has 40 valence electrons. The zero-order valence-corrected chi connectivity index (χ0v) is 4.34. The molecule has 0 aliphatic heterocycles. The minimum atomic E-state index is -0.187. The Labute approximate surface area is 47.5 Å². The van der Waals surface area contributed by atoms with Crippen LogP contribution in [0.3, 0.4) is 0 Å². The smallest absolute Gasteiger partial charge is 0.235 e. The first kappa shape index (κ1) is 6.45. The molecule has 0 bridgehead atoms. The molecule has 0 saturated carbocycles. The summed E-state index contributed by atoms with van der Waals surface area (Å²) in [5, 5.41) is 3.32. The molecule has 0 fully saturated rings. The predicted octanol–water partition coefficient (Wildman–Crippen LogP) is 0.315. The van der Waals surface area contributed by atoms with Gasteiger partial charge in [-0.15, -0.1) is 0 Å². The van der Waals surface area contributed by atoms with Gasteiger partial charge in [-0.1, -0.05) is 0 Å². The molecule has 0 aliphatic rings. The van der Waals surface area contributed by atoms with Gasteiger partial charge in [-0.3, -0.25) is 0 Å². The van der Waals surface area contributed by atoms with Crippen molar-refractivity contribution >= 4 is 5.96 Å². The molecule has 0 aromatic carbocycles. The van der Waals surface area contributed by atoms with Crippen molar-refractivity contribution in [2.24, 2.45) is 5.10 Å². The Morgan fingerprint density at radius 1 is 1.50 bits per heavy atom. The zero-order valence-electron chi connectivity index (χ0n) is 4.34. The Morgan fingerprint density at radius 2 is 2.00 bits per heavy atom. The molecular formula is C4H4N4. The first-order valence-electron chi connectivity index (χ1n) is 1.84. The fourth-order valence-corrected chi connectivity index (χ4v) is 0.175. The molecule has 0 atom stereocenters. The number of hydrazone groups is 1. The molecule has 0 unspecified atom stereocenters. The number of hydrogen-bond donors (Lipinski definition) is 1. The minimum Gasteiger partial charge on any atom is -0.235 e. The van der Waals surface area contributed by atoms with Gasteiger partial charge in [0.25, 0.3) is 0 Å². The fourth-order valence-electron chi connectivity index (χ4n) is 0.175. The standard InChI is InChI=1S/C4H4N4/c1-5-4(6-2)8-7-3/h7H,3H3. The molecule has 8 heavy (non-hydrogen) atoms. The van der Waals surface area contributed by atoms with E-state index in [2.05, 4.69) is 20.2 Å². The van der Waals surface area contributed by atoms with E-state index in [1.165, 1.54) is 7.05 Å². The van der Waals surface area contributed by atoms with E-state index in [9.17, 15) is 0 Å². The predicted molar refractivity (Wildman–Crippen MR) is 29.7 cm³/mol. The number of rotatable bonds is 1. The van der Waals surface area contributed by atoms with E-state index in [1.807, 2.05) is 0 Å². The van der Waals surface area contributed by atoms with E-state index < -0.39 is 0 Å². The summed E-state index contributed by atoms with van der Waals surface area (Å²) in [5.74, 6) is -0.187. The van der Waals surface area contributed by atoms with Crippen LogP contribution in [0.2, 0.25) is 0 Å². The molecule has 0 heterocycles. The Kier molecular flexibility index (Phi) is 2.93. The lowest BCUT2D eigenvalue weighted by atomic mass is 11.0. The summed E-state index contributed by atoms with van der Waals surface area (Å²) in [6.07, 6.45) is 0. The van der Waals surface area contributed by atoms with Crippen LogP contribution < -0.4 is 5.43 Å². The second-order valence-electron chi connectivity index (χ2n) is 0.859. The van der Waals surface area contributed by atoms with Gasteiger partial charge in [-0.25, -0.2) is 15.1 Å². The van der Waals surface area contributed by atoms with E-state index in [0.29, 0.717) is 0 Å². The van der Waals surface area contributed by atoms with Crippen molar-refractivity contribution in [3.63, 3.8) is 0 Å². The summed E-state index contributed by atoms with van der Waals surface area (Å²) in [6, 6.07) is 0. The van der Waals surface area contributed by atoms with Gasteiger partial charge in [0.05, 0.1) is 0 Å². The fraction of sp³-hybridized carbons (Fsp3) is 0.250. The molecule has 0 aromatic rings. The van der Waals surface area contributed by atoms with Crippen LogP contribution in [0.5, 0.6) is 0 Å². The topological polar surface area (TPSA) is 33.1 Å². The maximum Gasteiger partial charge on any atom is 0.657 e. The number of nitrogens with zero attached hydrogens (tertiary/aromatic N) is 3. The maximum absolute atomic E-state index is 6.30. The second-order valence-corrected chi connectivity index (χ2v) is 0.859. The highest BCUT2D eigenvalue weighted by Gasteiger charge is 2.01. The highest BCUT2D eigenvalue weighted by molar-refractivity contribution is 5.97. The Hall–Kier alpha value is -1.55. The van der Waals surface area contributed by atoms with Crippen LogP contribution in [0.25, 0.3) is 9.69 Å². The molecule has 0 aromatic heterocycles. The van der Waals surface area contributed by atoms with Crippen LogP contribution in [-0.2, 0) is 0 Å². The van der Waals surface area contributed by atoms with Crippen molar-refractivity contribution in [2.75, 3.05) is 7.05 Å². The van der Waals surface area contributed by atoms with Crippen molar-refractivity contribution in [1.29, 1.82) is 0 Å². The monoisotopic (exact) mass is 108 g/mol. The number of nitrogens with one attached hydrogen (secondary N) is 1. The van der Waals surface area contributed by atoms with Gasteiger partial charge in [0.2, 0.25) is 0 Å². The minimum absolute atomic E-state index is 0.187. The Balaban J connectivity index is 3.99. The summed E-state index contributed by atoms with van der Waals surface area (Å²) < 4.78 is 0. The van der Waals surface area contributed by atoms with Gasteiger partial charge >= 0.3 is 5.96 Å². The van der Waals surface area contributed by atoms with Gasteiger partial charge in [-0.2, -0.15) is 0 Å². The summed E-state index contributed by atoms with van der Waals surface area (Å²) >= 11 is 0. The lowest BCUT2D eigenvalue weighted by Crippen LogP contribution is -1.96. The highest BCUT2D eigenvalue weighted by atomic mass is 15.3. The van der Waals surface area contributed by atoms with Crippen molar-refractivity contribution < 1.29 is 0 Å². The van der Waals surface area contributed by atoms with Crippen molar-refractivity contribution in [3.05, 3.63) is 22.8 Å². The van der Waals surface area contributed by atoms with Crippen LogP contribution in [0.15, 0.2) is 5.10 Å². The van der Waals surface area contributed by atoms with Crippen LogP contribution >= 0.6 is 0 Å². The molecule has 0 saturated heterocycles. The third-order valence-corrected chi connectivity index (χ3v) is 0.412. The van der Waals surface area contributed by atoms with Gasteiger partial charge in [0.15, 0.2) is 0 Å². The summed E-state index contributed by atoms with van der Waals surface area (Å²) in [7, 11) is 1.54. The van der Waals surface area contributed by atoms with E-state index in [1.54, 1.807) is 0 Å². The largest absolute Gasteiger partial charge is 0.657 e. The van der Waals surface area contributed by atoms with E-state index in [0.717, 1.165) is 0 Å². The molecule has 4 nitrogen and oxygen atoms in total. The van der Waals surface area contributed by atoms with Crippen LogP contribution in [0.4, 0.5) is 0 Å². The molecule has 0 amide bonds. The lowest BCUT2D eigenvalue weighted by Gasteiger charge is -1.68. The third kappa shape index (κ3) is 1.78.